The number of benzene rings is 2. The Morgan fingerprint density at radius 2 is 1.88 bits per heavy atom. The largest absolute Gasteiger partial charge is 0.401 e. The Labute approximate surface area is 192 Å². The van der Waals surface area contributed by atoms with E-state index in [1.807, 2.05) is 50.2 Å². The second kappa shape index (κ2) is 9.24. The molecule has 2 aromatic carbocycles. The zero-order chi connectivity index (χ0) is 23.8. The first kappa shape index (κ1) is 24.0. The first-order valence-electron chi connectivity index (χ1n) is 11.4. The third-order valence-electron chi connectivity index (χ3n) is 7.04. The summed E-state index contributed by atoms with van der Waals surface area (Å²) in [4.78, 5) is 1.46. The second-order valence-electron chi connectivity index (χ2n) is 9.31. The first-order valence-corrected chi connectivity index (χ1v) is 11.4. The highest BCUT2D eigenvalue weighted by atomic mass is 19.4. The highest BCUT2D eigenvalue weighted by Crippen LogP contribution is 2.40. The van der Waals surface area contributed by atoms with E-state index in [1.165, 1.54) is 4.90 Å². The fraction of sp³-hybridized carbons (Fsp3) is 0.520. The van der Waals surface area contributed by atoms with E-state index in [9.17, 15) is 22.7 Å². The molecule has 0 unspecified atom stereocenters. The van der Waals surface area contributed by atoms with Gasteiger partial charge in [-0.1, -0.05) is 37.3 Å². The van der Waals surface area contributed by atoms with E-state index in [4.69, 9.17) is 0 Å². The second-order valence-corrected chi connectivity index (χ2v) is 9.31. The number of anilines is 1. The van der Waals surface area contributed by atoms with Gasteiger partial charge in [0.2, 0.25) is 0 Å². The predicted molar refractivity (Wildman–Crippen MR) is 121 cm³/mol. The molecular formula is C25H31F4N3O. The molecular weight excluding hydrogens is 434 g/mol. The molecule has 4 nitrogen and oxygen atoms in total. The van der Waals surface area contributed by atoms with Crippen molar-refractivity contribution in [3.05, 3.63) is 64.7 Å². The van der Waals surface area contributed by atoms with Crippen molar-refractivity contribution in [2.75, 3.05) is 25.0 Å². The predicted octanol–water partition coefficient (Wildman–Crippen LogP) is 4.58. The average Bonchev–Trinajstić information content (AvgIpc) is 2.76. The highest BCUT2D eigenvalue weighted by molar-refractivity contribution is 5.52. The van der Waals surface area contributed by atoms with E-state index in [-0.39, 0.29) is 25.1 Å². The molecule has 2 heterocycles. The van der Waals surface area contributed by atoms with Gasteiger partial charge in [0.1, 0.15) is 6.17 Å². The van der Waals surface area contributed by atoms with Crippen LogP contribution in [0, 0.1) is 0 Å². The Morgan fingerprint density at radius 3 is 2.42 bits per heavy atom. The maximum atomic E-state index is 14.5. The molecule has 2 aliphatic rings. The number of nitrogens with one attached hydrogen (secondary N) is 2. The molecule has 0 aromatic heterocycles. The van der Waals surface area contributed by atoms with Gasteiger partial charge >= 0.3 is 6.18 Å². The third-order valence-corrected chi connectivity index (χ3v) is 7.04. The van der Waals surface area contributed by atoms with E-state index in [2.05, 4.69) is 10.6 Å². The summed E-state index contributed by atoms with van der Waals surface area (Å²) < 4.78 is 54.3. The molecule has 33 heavy (non-hydrogen) atoms. The molecule has 0 aliphatic carbocycles. The van der Waals surface area contributed by atoms with Gasteiger partial charge in [-0.05, 0) is 47.7 Å². The van der Waals surface area contributed by atoms with Crippen LogP contribution in [0.25, 0.3) is 0 Å². The minimum Gasteiger partial charge on any atom is -0.392 e. The first-order chi connectivity index (χ1) is 15.7. The minimum absolute atomic E-state index is 0.124. The van der Waals surface area contributed by atoms with E-state index in [0.717, 1.165) is 27.9 Å². The summed E-state index contributed by atoms with van der Waals surface area (Å²) >= 11 is 0. The SMILES string of the molecule is CC[C@H](F)C1(Nc2ccc([C@H]3c4cc(CO)ccc4CN(CC(F)(F)F)[C@H]3C)cc2)CNC1. The Morgan fingerprint density at radius 1 is 1.18 bits per heavy atom. The van der Waals surface area contributed by atoms with Crippen molar-refractivity contribution < 1.29 is 22.7 Å². The molecule has 1 fully saturated rings. The molecule has 2 aliphatic heterocycles. The monoisotopic (exact) mass is 465 g/mol. The van der Waals surface area contributed by atoms with Crippen LogP contribution in [0.4, 0.5) is 23.2 Å². The van der Waals surface area contributed by atoms with E-state index >= 15 is 0 Å². The van der Waals surface area contributed by atoms with Crippen LogP contribution in [0.1, 0.15) is 48.4 Å². The summed E-state index contributed by atoms with van der Waals surface area (Å²) in [6, 6.07) is 12.7. The molecule has 0 radical (unpaired) electrons. The average molecular weight is 466 g/mol. The Kier molecular flexibility index (Phi) is 6.71. The maximum absolute atomic E-state index is 14.5. The van der Waals surface area contributed by atoms with Gasteiger partial charge < -0.3 is 15.7 Å². The van der Waals surface area contributed by atoms with Crippen LogP contribution in [0.3, 0.4) is 0 Å². The molecule has 0 bridgehead atoms. The lowest BCUT2D eigenvalue weighted by molar-refractivity contribution is -0.153. The molecule has 0 amide bonds. The Hall–Kier alpha value is -2.16. The van der Waals surface area contributed by atoms with Crippen molar-refractivity contribution in [2.45, 2.75) is 63.3 Å². The third kappa shape index (κ3) is 4.88. The lowest BCUT2D eigenvalue weighted by Crippen LogP contribution is -2.69. The minimum atomic E-state index is -4.29. The van der Waals surface area contributed by atoms with Gasteiger partial charge in [0.15, 0.2) is 0 Å². The summed E-state index contributed by atoms with van der Waals surface area (Å²) in [6.07, 6.45) is -4.84. The van der Waals surface area contributed by atoms with Crippen LogP contribution in [0.5, 0.6) is 0 Å². The Balaban J connectivity index is 1.64. The number of aliphatic hydroxyl groups is 1. The number of fused-ring (bicyclic) bond motifs is 1. The number of hydrogen-bond donors (Lipinski definition) is 3. The van der Waals surface area contributed by atoms with Gasteiger partial charge in [-0.25, -0.2) is 4.39 Å². The van der Waals surface area contributed by atoms with Crippen molar-refractivity contribution in [1.82, 2.24) is 10.2 Å². The van der Waals surface area contributed by atoms with Crippen LogP contribution in [0.15, 0.2) is 42.5 Å². The molecule has 1 saturated heterocycles. The van der Waals surface area contributed by atoms with E-state index in [1.54, 1.807) is 6.07 Å². The zero-order valence-corrected chi connectivity index (χ0v) is 18.9. The molecule has 8 heteroatoms. The smallest absolute Gasteiger partial charge is 0.392 e. The Bertz CT molecular complexity index is 959. The summed E-state index contributed by atoms with van der Waals surface area (Å²) in [7, 11) is 0. The van der Waals surface area contributed by atoms with Gasteiger partial charge in [-0.15, -0.1) is 0 Å². The molecule has 3 atom stereocenters. The number of aliphatic hydroxyl groups excluding tert-OH is 1. The summed E-state index contributed by atoms with van der Waals surface area (Å²) in [5.41, 5.74) is 3.58. The molecule has 4 rings (SSSR count). The summed E-state index contributed by atoms with van der Waals surface area (Å²) in [5.74, 6) is -0.277. The van der Waals surface area contributed by atoms with Gasteiger partial charge in [0.25, 0.3) is 0 Å². The molecule has 0 spiro atoms. The summed E-state index contributed by atoms with van der Waals surface area (Å²) in [5, 5.41) is 16.1. The van der Waals surface area contributed by atoms with Crippen molar-refractivity contribution in [2.24, 2.45) is 0 Å². The van der Waals surface area contributed by atoms with Crippen LogP contribution in [0.2, 0.25) is 0 Å². The van der Waals surface area contributed by atoms with Gasteiger partial charge in [-0.3, -0.25) is 4.90 Å². The van der Waals surface area contributed by atoms with Crippen molar-refractivity contribution in [3.8, 4) is 0 Å². The molecule has 0 saturated carbocycles. The number of halogens is 4. The van der Waals surface area contributed by atoms with Crippen LogP contribution < -0.4 is 10.6 Å². The number of nitrogens with zero attached hydrogens (tertiary/aromatic N) is 1. The number of hydrogen-bond acceptors (Lipinski definition) is 4. The van der Waals surface area contributed by atoms with Gasteiger partial charge in [0.05, 0.1) is 18.7 Å². The molecule has 3 N–H and O–H groups in total. The topological polar surface area (TPSA) is 47.5 Å². The fourth-order valence-electron chi connectivity index (χ4n) is 5.13. The summed E-state index contributed by atoms with van der Waals surface area (Å²) in [6.45, 7) is 3.85. The van der Waals surface area contributed by atoms with Crippen LogP contribution >= 0.6 is 0 Å². The fourth-order valence-corrected chi connectivity index (χ4v) is 5.13. The van der Waals surface area contributed by atoms with Crippen molar-refractivity contribution >= 4 is 5.69 Å². The van der Waals surface area contributed by atoms with Crippen molar-refractivity contribution in [3.63, 3.8) is 0 Å². The quantitative estimate of drug-likeness (QED) is 0.524. The van der Waals surface area contributed by atoms with Crippen LogP contribution in [-0.4, -0.2) is 53.6 Å². The maximum Gasteiger partial charge on any atom is 0.401 e. The molecule has 180 valence electrons. The number of rotatable bonds is 7. The number of alkyl halides is 4. The van der Waals surface area contributed by atoms with Crippen molar-refractivity contribution in [1.29, 1.82) is 0 Å². The van der Waals surface area contributed by atoms with Gasteiger partial charge in [0, 0.05) is 37.3 Å². The van der Waals surface area contributed by atoms with E-state index in [0.29, 0.717) is 19.5 Å². The lowest BCUT2D eigenvalue weighted by Gasteiger charge is -2.46. The highest BCUT2D eigenvalue weighted by Gasteiger charge is 2.44. The lowest BCUT2D eigenvalue weighted by atomic mass is 9.78. The van der Waals surface area contributed by atoms with Gasteiger partial charge in [-0.2, -0.15) is 13.2 Å². The standard InChI is InChI=1S/C25H31F4N3O/c1-3-22(26)24(13-30-14-24)31-20-8-6-18(7-9-20)23-16(2)32(15-25(27,28)29)11-19-5-4-17(12-33)10-21(19)23/h4-10,16,22-23,30-31,33H,3,11-15H2,1-2H3/t16-,22-,23-/m0/s1. The zero-order valence-electron chi connectivity index (χ0n) is 18.9. The van der Waals surface area contributed by atoms with E-state index < -0.39 is 24.4 Å². The normalized spacial score (nSPS) is 23.5. The molecule has 2 aromatic rings. The van der Waals surface area contributed by atoms with Crippen LogP contribution in [-0.2, 0) is 13.2 Å².